The largest absolute Gasteiger partial charge is 0.371 e. The maximum atomic E-state index is 10.7. The second kappa shape index (κ2) is 4.78. The number of carbonyl (C=O) groups excluding carboxylic acids is 1. The van der Waals surface area contributed by atoms with E-state index in [1.807, 2.05) is 39.1 Å². The summed E-state index contributed by atoms with van der Waals surface area (Å²) in [7, 11) is 2.02. The minimum atomic E-state index is 0.752. The van der Waals surface area contributed by atoms with Crippen LogP contribution in [0.5, 0.6) is 0 Å². The lowest BCUT2D eigenvalue weighted by atomic mass is 10.1. The number of rotatable bonds is 4. The number of aldehydes is 1. The highest BCUT2D eigenvalue weighted by atomic mass is 16.1. The van der Waals surface area contributed by atoms with Crippen LogP contribution in [0.15, 0.2) is 30.4 Å². The second-order valence-electron chi connectivity index (χ2n) is 3.97. The smallest absolute Gasteiger partial charge is 0.150 e. The van der Waals surface area contributed by atoms with Crippen molar-refractivity contribution in [2.24, 2.45) is 0 Å². The van der Waals surface area contributed by atoms with Gasteiger partial charge in [-0.3, -0.25) is 4.79 Å². The van der Waals surface area contributed by atoms with Gasteiger partial charge in [-0.2, -0.15) is 0 Å². The first-order chi connectivity index (χ1) is 7.04. The van der Waals surface area contributed by atoms with Crippen molar-refractivity contribution >= 4 is 12.0 Å². The molecule has 0 aliphatic rings. The van der Waals surface area contributed by atoms with E-state index in [-0.39, 0.29) is 0 Å². The molecule has 15 heavy (non-hydrogen) atoms. The van der Waals surface area contributed by atoms with E-state index < -0.39 is 0 Å². The number of nitrogens with zero attached hydrogens (tertiary/aromatic N) is 1. The van der Waals surface area contributed by atoms with E-state index in [0.29, 0.717) is 0 Å². The van der Waals surface area contributed by atoms with Crippen molar-refractivity contribution in [3.05, 3.63) is 41.5 Å². The van der Waals surface area contributed by atoms with Gasteiger partial charge < -0.3 is 4.90 Å². The van der Waals surface area contributed by atoms with Crippen molar-refractivity contribution in [1.82, 2.24) is 0 Å². The molecule has 0 bridgehead atoms. The lowest BCUT2D eigenvalue weighted by molar-refractivity contribution is 0.112. The zero-order chi connectivity index (χ0) is 11.4. The van der Waals surface area contributed by atoms with Crippen LogP contribution in [0.25, 0.3) is 0 Å². The first-order valence-electron chi connectivity index (χ1n) is 4.96. The number of likely N-dealkylation sites (N-methyl/N-ethyl adjacent to an activating group) is 1. The summed E-state index contributed by atoms with van der Waals surface area (Å²) >= 11 is 0. The highest BCUT2D eigenvalue weighted by molar-refractivity contribution is 5.78. The Kier molecular flexibility index (Phi) is 3.67. The predicted octanol–water partition coefficient (Wildman–Crippen LogP) is 2.82. The normalized spacial score (nSPS) is 9.80. The van der Waals surface area contributed by atoms with Crippen LogP contribution in [-0.4, -0.2) is 19.9 Å². The van der Waals surface area contributed by atoms with Gasteiger partial charge in [0.05, 0.1) is 0 Å². The molecule has 1 aromatic rings. The number of hydrogen-bond acceptors (Lipinski definition) is 2. The molecule has 0 radical (unpaired) electrons. The summed E-state index contributed by atoms with van der Waals surface area (Å²) in [6.07, 6.45) is 0.887. The average Bonchev–Trinajstić information content (AvgIpc) is 2.16. The SMILES string of the molecule is C=C(C)CN(C)c1ccc(C=O)c(C)c1. The zero-order valence-corrected chi connectivity index (χ0v) is 9.58. The molecule has 0 spiro atoms. The van der Waals surface area contributed by atoms with Gasteiger partial charge in [-0.1, -0.05) is 12.2 Å². The van der Waals surface area contributed by atoms with Crippen molar-refractivity contribution in [2.45, 2.75) is 13.8 Å². The molecule has 2 nitrogen and oxygen atoms in total. The molecule has 0 heterocycles. The molecule has 0 amide bonds. The molecule has 0 aliphatic heterocycles. The number of benzene rings is 1. The van der Waals surface area contributed by atoms with E-state index in [1.165, 1.54) is 0 Å². The molecule has 0 saturated heterocycles. The summed E-state index contributed by atoms with van der Waals surface area (Å²) in [4.78, 5) is 12.8. The Hall–Kier alpha value is -1.57. The third-order valence-electron chi connectivity index (χ3n) is 2.33. The Morgan fingerprint density at radius 2 is 2.20 bits per heavy atom. The Morgan fingerprint density at radius 3 is 2.67 bits per heavy atom. The van der Waals surface area contributed by atoms with Gasteiger partial charge >= 0.3 is 0 Å². The van der Waals surface area contributed by atoms with Crippen LogP contribution < -0.4 is 4.90 Å². The molecule has 0 aromatic heterocycles. The molecule has 0 fully saturated rings. The summed E-state index contributed by atoms with van der Waals surface area (Å²) in [6, 6.07) is 5.83. The summed E-state index contributed by atoms with van der Waals surface area (Å²) in [5.74, 6) is 0. The minimum absolute atomic E-state index is 0.752. The first kappa shape index (κ1) is 11.5. The molecule has 1 rings (SSSR count). The Morgan fingerprint density at radius 1 is 1.53 bits per heavy atom. The van der Waals surface area contributed by atoms with Crippen molar-refractivity contribution in [3.63, 3.8) is 0 Å². The fourth-order valence-electron chi connectivity index (χ4n) is 1.53. The molecule has 80 valence electrons. The average molecular weight is 203 g/mol. The fourth-order valence-corrected chi connectivity index (χ4v) is 1.53. The molecular weight excluding hydrogens is 186 g/mol. The molecule has 0 N–H and O–H groups in total. The molecule has 0 aliphatic carbocycles. The third-order valence-corrected chi connectivity index (χ3v) is 2.33. The van der Waals surface area contributed by atoms with Crippen molar-refractivity contribution in [1.29, 1.82) is 0 Å². The van der Waals surface area contributed by atoms with Crippen LogP contribution in [0, 0.1) is 6.92 Å². The van der Waals surface area contributed by atoms with Crippen LogP contribution in [0.4, 0.5) is 5.69 Å². The second-order valence-corrected chi connectivity index (χ2v) is 3.97. The summed E-state index contributed by atoms with van der Waals surface area (Å²) in [5.41, 5.74) is 3.99. The monoisotopic (exact) mass is 203 g/mol. The minimum Gasteiger partial charge on any atom is -0.371 e. The molecule has 1 aromatic carbocycles. The molecule has 0 saturated carbocycles. The summed E-state index contributed by atoms with van der Waals surface area (Å²) in [5, 5.41) is 0. The zero-order valence-electron chi connectivity index (χ0n) is 9.58. The molecule has 2 heteroatoms. The van der Waals surface area contributed by atoms with E-state index in [4.69, 9.17) is 0 Å². The van der Waals surface area contributed by atoms with Gasteiger partial charge in [-0.05, 0) is 37.6 Å². The quantitative estimate of drug-likeness (QED) is 0.554. The van der Waals surface area contributed by atoms with Gasteiger partial charge in [0.15, 0.2) is 0 Å². The highest BCUT2D eigenvalue weighted by Crippen LogP contribution is 2.17. The van der Waals surface area contributed by atoms with E-state index in [2.05, 4.69) is 11.5 Å². The number of carbonyl (C=O) groups is 1. The maximum Gasteiger partial charge on any atom is 0.150 e. The molecule has 0 unspecified atom stereocenters. The van der Waals surface area contributed by atoms with Crippen LogP contribution >= 0.6 is 0 Å². The summed E-state index contributed by atoms with van der Waals surface area (Å²) in [6.45, 7) is 8.66. The van der Waals surface area contributed by atoms with E-state index >= 15 is 0 Å². The number of anilines is 1. The lowest BCUT2D eigenvalue weighted by Gasteiger charge is -2.20. The Balaban J connectivity index is 2.91. The highest BCUT2D eigenvalue weighted by Gasteiger charge is 2.03. The van der Waals surface area contributed by atoms with Gasteiger partial charge in [0.1, 0.15) is 6.29 Å². The maximum absolute atomic E-state index is 10.7. The standard InChI is InChI=1S/C13H17NO/c1-10(2)8-14(4)13-6-5-12(9-15)11(3)7-13/h5-7,9H,1,8H2,2-4H3. The van der Waals surface area contributed by atoms with E-state index in [1.54, 1.807) is 0 Å². The van der Waals surface area contributed by atoms with Crippen LogP contribution in [0.3, 0.4) is 0 Å². The Labute approximate surface area is 91.2 Å². The van der Waals surface area contributed by atoms with Crippen molar-refractivity contribution in [2.75, 3.05) is 18.5 Å². The van der Waals surface area contributed by atoms with Crippen molar-refractivity contribution < 1.29 is 4.79 Å². The first-order valence-corrected chi connectivity index (χ1v) is 4.96. The number of hydrogen-bond donors (Lipinski definition) is 0. The summed E-state index contributed by atoms with van der Waals surface area (Å²) < 4.78 is 0. The van der Waals surface area contributed by atoms with Crippen molar-refractivity contribution in [3.8, 4) is 0 Å². The topological polar surface area (TPSA) is 20.3 Å². The van der Waals surface area contributed by atoms with Crippen LogP contribution in [0.2, 0.25) is 0 Å². The Bertz CT molecular complexity index is 382. The van der Waals surface area contributed by atoms with Gasteiger partial charge in [-0.15, -0.1) is 0 Å². The number of aryl methyl sites for hydroxylation is 1. The van der Waals surface area contributed by atoms with Gasteiger partial charge in [0.25, 0.3) is 0 Å². The van der Waals surface area contributed by atoms with Crippen LogP contribution in [-0.2, 0) is 0 Å². The fraction of sp³-hybridized carbons (Fsp3) is 0.308. The lowest BCUT2D eigenvalue weighted by Crippen LogP contribution is -2.19. The third kappa shape index (κ3) is 2.94. The van der Waals surface area contributed by atoms with E-state index in [0.717, 1.165) is 35.2 Å². The van der Waals surface area contributed by atoms with E-state index in [9.17, 15) is 4.79 Å². The van der Waals surface area contributed by atoms with Gasteiger partial charge in [0.2, 0.25) is 0 Å². The van der Waals surface area contributed by atoms with Crippen LogP contribution in [0.1, 0.15) is 22.8 Å². The predicted molar refractivity (Wildman–Crippen MR) is 64.7 cm³/mol. The van der Waals surface area contributed by atoms with Gasteiger partial charge in [-0.25, -0.2) is 0 Å². The molecule has 0 atom stereocenters. The molecular formula is C13H17NO. The van der Waals surface area contributed by atoms with Gasteiger partial charge in [0, 0.05) is 24.8 Å².